The molecule has 0 spiro atoms. The second-order valence-electron chi connectivity index (χ2n) is 4.24. The Morgan fingerprint density at radius 1 is 0.875 bits per heavy atom. The van der Waals surface area contributed by atoms with Crippen LogP contribution in [0.1, 0.15) is 20.8 Å². The SMILES string of the molecule is CP(OC(C(F)(F)F)C(F)(F)F)C(C)(C)C. The molecule has 0 saturated heterocycles. The van der Waals surface area contributed by atoms with Crippen LogP contribution < -0.4 is 0 Å². The monoisotopic (exact) mass is 270 g/mol. The van der Waals surface area contributed by atoms with Crippen LogP contribution in [0.5, 0.6) is 0 Å². The minimum absolute atomic E-state index is 0.732. The number of alkyl halides is 6. The molecule has 0 aliphatic heterocycles. The Labute approximate surface area is 91.0 Å². The van der Waals surface area contributed by atoms with E-state index in [1.54, 1.807) is 0 Å². The lowest BCUT2D eigenvalue weighted by molar-refractivity contribution is -0.298. The summed E-state index contributed by atoms with van der Waals surface area (Å²) in [4.78, 5) is 0. The molecule has 0 saturated carbocycles. The molecule has 8 heteroatoms. The van der Waals surface area contributed by atoms with E-state index in [-0.39, 0.29) is 0 Å². The lowest BCUT2D eigenvalue weighted by Gasteiger charge is -2.32. The first kappa shape index (κ1) is 16.0. The van der Waals surface area contributed by atoms with Crippen LogP contribution in [0, 0.1) is 0 Å². The molecule has 0 aliphatic rings. The van der Waals surface area contributed by atoms with Crippen molar-refractivity contribution < 1.29 is 30.9 Å². The fraction of sp³-hybridized carbons (Fsp3) is 1.00. The number of hydrogen-bond donors (Lipinski definition) is 0. The summed E-state index contributed by atoms with van der Waals surface area (Å²) in [7, 11) is -1.83. The molecule has 0 aliphatic carbocycles. The van der Waals surface area contributed by atoms with E-state index < -0.39 is 31.8 Å². The third-order valence-electron chi connectivity index (χ3n) is 1.80. The molecule has 0 aromatic heterocycles. The Morgan fingerprint density at radius 3 is 1.38 bits per heavy atom. The molecule has 0 fully saturated rings. The summed E-state index contributed by atoms with van der Waals surface area (Å²) in [6, 6.07) is 0. The molecule has 0 bridgehead atoms. The zero-order valence-electron chi connectivity index (χ0n) is 9.20. The van der Waals surface area contributed by atoms with E-state index in [2.05, 4.69) is 4.52 Å². The van der Waals surface area contributed by atoms with Crippen LogP contribution >= 0.6 is 8.15 Å². The molecule has 1 nitrogen and oxygen atoms in total. The minimum atomic E-state index is -5.43. The summed E-state index contributed by atoms with van der Waals surface area (Å²) in [6.07, 6.45) is -14.6. The van der Waals surface area contributed by atoms with Crippen molar-refractivity contribution in [3.05, 3.63) is 0 Å². The van der Waals surface area contributed by atoms with Crippen LogP contribution in [-0.4, -0.2) is 30.3 Å². The van der Waals surface area contributed by atoms with Crippen molar-refractivity contribution in [2.24, 2.45) is 0 Å². The van der Waals surface area contributed by atoms with E-state index in [4.69, 9.17) is 0 Å². The summed E-state index contributed by atoms with van der Waals surface area (Å²) in [5.41, 5.74) is 0. The third kappa shape index (κ3) is 4.87. The van der Waals surface area contributed by atoms with Gasteiger partial charge in [0.1, 0.15) is 0 Å². The van der Waals surface area contributed by atoms with Crippen LogP contribution in [-0.2, 0) is 4.52 Å². The van der Waals surface area contributed by atoms with Gasteiger partial charge in [-0.25, -0.2) is 0 Å². The number of rotatable bonds is 2. The topological polar surface area (TPSA) is 9.23 Å². The van der Waals surface area contributed by atoms with Crippen LogP contribution in [0.4, 0.5) is 26.3 Å². The van der Waals surface area contributed by atoms with Crippen molar-refractivity contribution in [1.82, 2.24) is 0 Å². The van der Waals surface area contributed by atoms with Gasteiger partial charge in [-0.1, -0.05) is 20.8 Å². The highest BCUT2D eigenvalue weighted by molar-refractivity contribution is 7.53. The van der Waals surface area contributed by atoms with Crippen LogP contribution in [0.15, 0.2) is 0 Å². The van der Waals surface area contributed by atoms with E-state index in [0.29, 0.717) is 0 Å². The van der Waals surface area contributed by atoms with Gasteiger partial charge in [0.15, 0.2) is 0 Å². The van der Waals surface area contributed by atoms with E-state index in [9.17, 15) is 26.3 Å². The van der Waals surface area contributed by atoms with Crippen molar-refractivity contribution in [1.29, 1.82) is 0 Å². The summed E-state index contributed by atoms with van der Waals surface area (Å²) in [5.74, 6) is 0. The largest absolute Gasteiger partial charge is 0.423 e. The molecular weight excluding hydrogens is 257 g/mol. The lowest BCUT2D eigenvalue weighted by Crippen LogP contribution is -2.44. The van der Waals surface area contributed by atoms with E-state index in [1.807, 2.05) is 0 Å². The van der Waals surface area contributed by atoms with Crippen molar-refractivity contribution >= 4 is 8.15 Å². The van der Waals surface area contributed by atoms with Crippen molar-refractivity contribution in [3.63, 3.8) is 0 Å². The van der Waals surface area contributed by atoms with Gasteiger partial charge in [-0.05, 0) is 6.66 Å². The van der Waals surface area contributed by atoms with Gasteiger partial charge >= 0.3 is 12.4 Å². The lowest BCUT2D eigenvalue weighted by atomic mass is 10.3. The Hall–Kier alpha value is -0.0300. The maximum atomic E-state index is 12.1. The smallest absolute Gasteiger partial charge is 0.338 e. The van der Waals surface area contributed by atoms with E-state index >= 15 is 0 Å². The first-order chi connectivity index (χ1) is 6.76. The number of hydrogen-bond acceptors (Lipinski definition) is 1. The summed E-state index contributed by atoms with van der Waals surface area (Å²) in [5, 5.41) is -0.732. The van der Waals surface area contributed by atoms with Gasteiger partial charge in [0.25, 0.3) is 6.10 Å². The van der Waals surface area contributed by atoms with E-state index in [1.165, 1.54) is 27.4 Å². The maximum absolute atomic E-state index is 12.1. The molecule has 0 amide bonds. The van der Waals surface area contributed by atoms with Crippen LogP contribution in [0.3, 0.4) is 0 Å². The fourth-order valence-corrected chi connectivity index (χ4v) is 1.49. The molecule has 0 N–H and O–H groups in total. The molecule has 1 unspecified atom stereocenters. The van der Waals surface area contributed by atoms with Gasteiger partial charge in [0, 0.05) is 13.3 Å². The van der Waals surface area contributed by atoms with Gasteiger partial charge in [-0.2, -0.15) is 26.3 Å². The van der Waals surface area contributed by atoms with Gasteiger partial charge in [0.05, 0.1) is 0 Å². The third-order valence-corrected chi connectivity index (χ3v) is 4.22. The standard InChI is InChI=1S/C8H13F6OP/c1-6(2,3)16(4)15-5(7(9,10)11)8(12,13)14/h5H,1-4H3. The predicted octanol–water partition coefficient (Wildman–Crippen LogP) is 4.32. The Bertz CT molecular complexity index is 214. The van der Waals surface area contributed by atoms with Crippen LogP contribution in [0.25, 0.3) is 0 Å². The molecular formula is C8H13F6OP. The number of halogens is 6. The second-order valence-corrected chi connectivity index (χ2v) is 6.78. The zero-order valence-corrected chi connectivity index (χ0v) is 10.1. The summed E-state index contributed by atoms with van der Waals surface area (Å²) < 4.78 is 76.9. The zero-order chi connectivity index (χ0) is 13.4. The molecule has 16 heavy (non-hydrogen) atoms. The minimum Gasteiger partial charge on any atom is -0.338 e. The van der Waals surface area contributed by atoms with Crippen molar-refractivity contribution in [2.75, 3.05) is 6.66 Å². The molecule has 1 atom stereocenters. The van der Waals surface area contributed by atoms with Gasteiger partial charge in [0.2, 0.25) is 0 Å². The predicted molar refractivity (Wildman–Crippen MR) is 49.6 cm³/mol. The van der Waals surface area contributed by atoms with Gasteiger partial charge < -0.3 is 4.52 Å². The van der Waals surface area contributed by atoms with E-state index in [0.717, 1.165) is 0 Å². The Morgan fingerprint density at radius 2 is 1.19 bits per heavy atom. The first-order valence-corrected chi connectivity index (χ1v) is 6.01. The van der Waals surface area contributed by atoms with Crippen LogP contribution in [0.2, 0.25) is 0 Å². The average molecular weight is 270 g/mol. The second kappa shape index (κ2) is 4.69. The van der Waals surface area contributed by atoms with Crippen molar-refractivity contribution in [3.8, 4) is 0 Å². The molecule has 0 aromatic carbocycles. The molecule has 0 aromatic rings. The molecule has 0 heterocycles. The highest BCUT2D eigenvalue weighted by Gasteiger charge is 2.59. The van der Waals surface area contributed by atoms with Crippen molar-refractivity contribution in [2.45, 2.75) is 44.4 Å². The van der Waals surface area contributed by atoms with Gasteiger partial charge in [-0.3, -0.25) is 0 Å². The Kier molecular flexibility index (Phi) is 4.68. The van der Waals surface area contributed by atoms with Gasteiger partial charge in [-0.15, -0.1) is 0 Å². The Balaban J connectivity index is 4.85. The maximum Gasteiger partial charge on any atom is 0.423 e. The average Bonchev–Trinajstić information content (AvgIpc) is 1.92. The molecule has 0 radical (unpaired) electrons. The molecule has 98 valence electrons. The normalized spacial score (nSPS) is 16.7. The highest BCUT2D eigenvalue weighted by Crippen LogP contribution is 2.52. The molecule has 0 rings (SSSR count). The highest BCUT2D eigenvalue weighted by atomic mass is 31.1. The summed E-state index contributed by atoms with van der Waals surface area (Å²) in [6.45, 7) is 5.84. The summed E-state index contributed by atoms with van der Waals surface area (Å²) >= 11 is 0. The quantitative estimate of drug-likeness (QED) is 0.536. The first-order valence-electron chi connectivity index (χ1n) is 4.30. The fourth-order valence-electron chi connectivity index (χ4n) is 0.621.